The predicted octanol–water partition coefficient (Wildman–Crippen LogP) is 5.77. The van der Waals surface area contributed by atoms with Gasteiger partial charge in [0.05, 0.1) is 29.1 Å². The molecular formula is C27H33N6O+. The van der Waals surface area contributed by atoms with Crippen molar-refractivity contribution in [2.24, 2.45) is 0 Å². The third-order valence-electron chi connectivity index (χ3n) is 6.85. The lowest BCUT2D eigenvalue weighted by Gasteiger charge is -2.21. The normalized spacial score (nSPS) is 14.7. The third-order valence-corrected chi connectivity index (χ3v) is 6.85. The van der Waals surface area contributed by atoms with Gasteiger partial charge in [-0.1, -0.05) is 39.7 Å². The zero-order chi connectivity index (χ0) is 23.8. The number of hydrogen-bond donors (Lipinski definition) is 2. The molecular weight excluding hydrogens is 424 g/mol. The van der Waals surface area contributed by atoms with Crippen LogP contribution in [0.25, 0.3) is 22.3 Å². The van der Waals surface area contributed by atoms with Gasteiger partial charge in [-0.05, 0) is 42.5 Å². The van der Waals surface area contributed by atoms with E-state index in [4.69, 9.17) is 5.10 Å². The van der Waals surface area contributed by atoms with Crippen molar-refractivity contribution in [1.29, 1.82) is 0 Å². The molecule has 1 aliphatic carbocycles. The lowest BCUT2D eigenvalue weighted by molar-refractivity contribution is -0.910. The molecule has 0 bridgehead atoms. The Balaban J connectivity index is 1.58. The molecule has 0 unspecified atom stereocenters. The molecule has 0 radical (unpaired) electrons. The fourth-order valence-corrected chi connectivity index (χ4v) is 4.73. The molecule has 0 aliphatic heterocycles. The van der Waals surface area contributed by atoms with Crippen molar-refractivity contribution in [2.45, 2.75) is 64.8 Å². The molecule has 3 heterocycles. The summed E-state index contributed by atoms with van der Waals surface area (Å²) in [4.78, 5) is 0. The summed E-state index contributed by atoms with van der Waals surface area (Å²) in [6.07, 6.45) is 12.4. The van der Waals surface area contributed by atoms with Gasteiger partial charge in [-0.25, -0.2) is 4.68 Å². The van der Waals surface area contributed by atoms with Crippen LogP contribution in [0.3, 0.4) is 0 Å². The van der Waals surface area contributed by atoms with Crippen LogP contribution in [0.5, 0.6) is 0 Å². The zero-order valence-corrected chi connectivity index (χ0v) is 20.2. The summed E-state index contributed by atoms with van der Waals surface area (Å²) in [5.74, 6) is 0.384. The van der Waals surface area contributed by atoms with Gasteiger partial charge in [-0.3, -0.25) is 9.89 Å². The van der Waals surface area contributed by atoms with E-state index in [2.05, 4.69) is 60.1 Å². The Morgan fingerprint density at radius 1 is 1.18 bits per heavy atom. The molecule has 1 aromatic carbocycles. The molecule has 34 heavy (non-hydrogen) atoms. The first-order valence-electron chi connectivity index (χ1n) is 12.2. The Hall–Kier alpha value is -3.61. The van der Waals surface area contributed by atoms with Gasteiger partial charge in [0.25, 0.3) is 5.69 Å². The van der Waals surface area contributed by atoms with Crippen molar-refractivity contribution < 1.29 is 9.94 Å². The highest BCUT2D eigenvalue weighted by atomic mass is 16.5. The summed E-state index contributed by atoms with van der Waals surface area (Å²) >= 11 is 0. The second kappa shape index (κ2) is 8.97. The van der Waals surface area contributed by atoms with E-state index in [0.29, 0.717) is 23.4 Å². The van der Waals surface area contributed by atoms with E-state index < -0.39 is 0 Å². The minimum atomic E-state index is 0.384. The van der Waals surface area contributed by atoms with E-state index in [-0.39, 0.29) is 0 Å². The van der Waals surface area contributed by atoms with E-state index in [1.165, 1.54) is 37.7 Å². The highest BCUT2D eigenvalue weighted by molar-refractivity contribution is 5.89. The minimum absolute atomic E-state index is 0.384. The smallest absolute Gasteiger partial charge is 0.280 e. The van der Waals surface area contributed by atoms with Gasteiger partial charge in [0.15, 0.2) is 0 Å². The largest absolute Gasteiger partial charge is 0.349 e. The molecule has 1 aliphatic rings. The van der Waals surface area contributed by atoms with Crippen molar-refractivity contribution in [2.75, 3.05) is 5.32 Å². The minimum Gasteiger partial charge on any atom is -0.349 e. The monoisotopic (exact) mass is 457 g/mol. The molecule has 0 atom stereocenters. The van der Waals surface area contributed by atoms with Crippen LogP contribution < -0.4 is 10.0 Å². The summed E-state index contributed by atoms with van der Waals surface area (Å²) in [6, 6.07) is 10.3. The number of anilines is 1. The number of hydrogen-bond acceptors (Lipinski definition) is 4. The lowest BCUT2D eigenvalue weighted by atomic mass is 9.96. The predicted molar refractivity (Wildman–Crippen MR) is 134 cm³/mol. The Labute approximate surface area is 200 Å². The SMILES string of the molecule is C=C(Nc1cc2cn(C3CCCCC3)nc2cc1-n1cc(C(C)C)cn1)c1cccc(C)[n+]1O. The summed E-state index contributed by atoms with van der Waals surface area (Å²) in [7, 11) is 0. The van der Waals surface area contributed by atoms with Crippen LogP contribution in [0.4, 0.5) is 5.69 Å². The molecule has 2 N–H and O–H groups in total. The Morgan fingerprint density at radius 3 is 2.71 bits per heavy atom. The first-order chi connectivity index (χ1) is 16.4. The Bertz CT molecular complexity index is 1340. The molecule has 0 amide bonds. The van der Waals surface area contributed by atoms with Crippen LogP contribution in [0, 0.1) is 6.92 Å². The van der Waals surface area contributed by atoms with Crippen LogP contribution >= 0.6 is 0 Å². The summed E-state index contributed by atoms with van der Waals surface area (Å²) in [5, 5.41) is 24.6. The molecule has 1 saturated carbocycles. The number of rotatable bonds is 6. The van der Waals surface area contributed by atoms with Crippen LogP contribution in [-0.2, 0) is 0 Å². The molecule has 5 rings (SSSR count). The Kier molecular flexibility index (Phi) is 5.86. The first kappa shape index (κ1) is 22.2. The number of nitrogens with zero attached hydrogens (tertiary/aromatic N) is 5. The fraction of sp³-hybridized carbons (Fsp3) is 0.370. The highest BCUT2D eigenvalue weighted by Gasteiger charge is 2.21. The highest BCUT2D eigenvalue weighted by Crippen LogP contribution is 2.33. The van der Waals surface area contributed by atoms with Crippen LogP contribution in [-0.4, -0.2) is 24.8 Å². The molecule has 176 valence electrons. The standard InChI is InChI=1S/C27H33N6O/c1-18(2)22-15-28-32(17-22)27-14-24-21(16-31(30-24)23-10-6-5-7-11-23)13-25(27)29-20(4)26-12-8-9-19(3)33(26)34/h8-9,12-18,23,29,34H,4-7,10-11H2,1-3H3/q+1. The third kappa shape index (κ3) is 4.18. The van der Waals surface area contributed by atoms with Gasteiger partial charge in [0.2, 0.25) is 5.69 Å². The summed E-state index contributed by atoms with van der Waals surface area (Å²) in [6.45, 7) is 10.4. The van der Waals surface area contributed by atoms with E-state index in [0.717, 1.165) is 32.7 Å². The van der Waals surface area contributed by atoms with Gasteiger partial charge < -0.3 is 5.32 Å². The average Bonchev–Trinajstić information content (AvgIpc) is 3.48. The fourth-order valence-electron chi connectivity index (χ4n) is 4.73. The van der Waals surface area contributed by atoms with Crippen LogP contribution in [0.2, 0.25) is 0 Å². The summed E-state index contributed by atoms with van der Waals surface area (Å²) < 4.78 is 5.20. The quantitative estimate of drug-likeness (QED) is 0.285. The number of benzene rings is 1. The van der Waals surface area contributed by atoms with Gasteiger partial charge in [-0.15, -0.1) is 0 Å². The number of aromatic nitrogens is 5. The number of nitrogens with one attached hydrogen (secondary N) is 1. The van der Waals surface area contributed by atoms with Crippen LogP contribution in [0.15, 0.2) is 55.5 Å². The van der Waals surface area contributed by atoms with Gasteiger partial charge in [0.1, 0.15) is 5.70 Å². The Morgan fingerprint density at radius 2 is 1.97 bits per heavy atom. The number of aryl methyl sites for hydroxylation is 1. The van der Waals surface area contributed by atoms with Gasteiger partial charge >= 0.3 is 0 Å². The molecule has 7 nitrogen and oxygen atoms in total. The van der Waals surface area contributed by atoms with Crippen LogP contribution in [0.1, 0.15) is 74.9 Å². The van der Waals surface area contributed by atoms with Crippen molar-refractivity contribution in [1.82, 2.24) is 19.6 Å². The molecule has 1 fully saturated rings. The van der Waals surface area contributed by atoms with Gasteiger partial charge in [-0.2, -0.15) is 10.2 Å². The molecule has 3 aromatic heterocycles. The van der Waals surface area contributed by atoms with E-state index >= 15 is 0 Å². The lowest BCUT2D eigenvalue weighted by Crippen LogP contribution is -2.38. The van der Waals surface area contributed by atoms with E-state index in [1.54, 1.807) is 0 Å². The maximum absolute atomic E-state index is 10.5. The van der Waals surface area contributed by atoms with Crippen molar-refractivity contribution in [3.05, 3.63) is 72.5 Å². The van der Waals surface area contributed by atoms with Gasteiger partial charge in [0, 0.05) is 41.6 Å². The molecule has 0 saturated heterocycles. The molecule has 7 heteroatoms. The van der Waals surface area contributed by atoms with E-state index in [1.807, 2.05) is 36.0 Å². The number of fused-ring (bicyclic) bond motifs is 1. The van der Waals surface area contributed by atoms with Crippen molar-refractivity contribution >= 4 is 22.3 Å². The second-order valence-corrected chi connectivity index (χ2v) is 9.67. The first-order valence-corrected chi connectivity index (χ1v) is 12.2. The summed E-state index contributed by atoms with van der Waals surface area (Å²) in [5.41, 5.74) is 5.82. The molecule has 4 aromatic rings. The molecule has 0 spiro atoms. The average molecular weight is 458 g/mol. The maximum atomic E-state index is 10.5. The van der Waals surface area contributed by atoms with Crippen molar-refractivity contribution in [3.8, 4) is 5.69 Å². The zero-order valence-electron chi connectivity index (χ0n) is 20.2. The second-order valence-electron chi connectivity index (χ2n) is 9.67. The van der Waals surface area contributed by atoms with E-state index in [9.17, 15) is 5.21 Å². The van der Waals surface area contributed by atoms with Crippen molar-refractivity contribution in [3.63, 3.8) is 0 Å². The topological polar surface area (TPSA) is 71.8 Å². The maximum Gasteiger partial charge on any atom is 0.280 e. The number of pyridine rings is 1.